The lowest BCUT2D eigenvalue weighted by Crippen LogP contribution is -2.33. The van der Waals surface area contributed by atoms with Crippen molar-refractivity contribution in [2.75, 3.05) is 13.2 Å². The smallest absolute Gasteiger partial charge is 0.0434 e. The van der Waals surface area contributed by atoms with Gasteiger partial charge in [-0.05, 0) is 31.7 Å². The highest BCUT2D eigenvalue weighted by Crippen LogP contribution is 2.09. The molecule has 0 saturated heterocycles. The average molecular weight is 215 g/mol. The van der Waals surface area contributed by atoms with Crippen molar-refractivity contribution in [3.63, 3.8) is 0 Å². The largest absolute Gasteiger partial charge is 0.396 e. The lowest BCUT2D eigenvalue weighted by atomic mass is 10.0. The molecule has 0 aromatic heterocycles. The van der Waals surface area contributed by atoms with Crippen LogP contribution in [0.5, 0.6) is 0 Å². The molecular formula is C13H29NO. The Kier molecular flexibility index (Phi) is 10.4. The van der Waals surface area contributed by atoms with E-state index in [-0.39, 0.29) is 0 Å². The third kappa shape index (κ3) is 7.80. The van der Waals surface area contributed by atoms with E-state index < -0.39 is 0 Å². The second-order valence-electron chi connectivity index (χ2n) is 4.44. The van der Waals surface area contributed by atoms with E-state index in [9.17, 15) is 0 Å². The van der Waals surface area contributed by atoms with Crippen molar-refractivity contribution < 1.29 is 5.11 Å². The van der Waals surface area contributed by atoms with E-state index in [4.69, 9.17) is 5.11 Å². The first-order valence-electron chi connectivity index (χ1n) is 6.62. The monoisotopic (exact) mass is 215 g/mol. The van der Waals surface area contributed by atoms with E-state index in [1.54, 1.807) is 0 Å². The molecule has 2 atom stereocenters. The van der Waals surface area contributed by atoms with E-state index >= 15 is 0 Å². The summed E-state index contributed by atoms with van der Waals surface area (Å²) in [7, 11) is 0. The molecule has 2 nitrogen and oxygen atoms in total. The van der Waals surface area contributed by atoms with Gasteiger partial charge in [0, 0.05) is 12.6 Å². The van der Waals surface area contributed by atoms with Crippen LogP contribution in [0, 0.1) is 5.92 Å². The first-order valence-corrected chi connectivity index (χ1v) is 6.62. The minimum absolute atomic E-state index is 0.325. The standard InChI is InChI=1S/C13H29NO/c1-4-7-8-13(6-3)14-11-12(5-2)9-10-15/h12-15H,4-11H2,1-3H3. The van der Waals surface area contributed by atoms with Gasteiger partial charge in [0.25, 0.3) is 0 Å². The van der Waals surface area contributed by atoms with E-state index in [1.165, 1.54) is 25.7 Å². The molecule has 0 rings (SSSR count). The highest BCUT2D eigenvalue weighted by molar-refractivity contribution is 4.68. The van der Waals surface area contributed by atoms with E-state index in [0.717, 1.165) is 19.4 Å². The Morgan fingerprint density at radius 3 is 2.27 bits per heavy atom. The van der Waals surface area contributed by atoms with Crippen LogP contribution < -0.4 is 5.32 Å². The fraction of sp³-hybridized carbons (Fsp3) is 1.00. The lowest BCUT2D eigenvalue weighted by molar-refractivity contribution is 0.247. The molecule has 0 spiro atoms. The molecule has 92 valence electrons. The second-order valence-corrected chi connectivity index (χ2v) is 4.44. The van der Waals surface area contributed by atoms with Crippen molar-refractivity contribution in [2.24, 2.45) is 5.92 Å². The molecule has 0 aliphatic heterocycles. The van der Waals surface area contributed by atoms with Crippen LogP contribution in [-0.2, 0) is 0 Å². The number of aliphatic hydroxyl groups is 1. The summed E-state index contributed by atoms with van der Waals surface area (Å²) in [6.07, 6.45) is 7.22. The van der Waals surface area contributed by atoms with Gasteiger partial charge in [-0.1, -0.05) is 40.0 Å². The van der Waals surface area contributed by atoms with Crippen molar-refractivity contribution >= 4 is 0 Å². The number of hydrogen-bond donors (Lipinski definition) is 2. The summed E-state index contributed by atoms with van der Waals surface area (Å²) in [6, 6.07) is 0.678. The molecule has 2 N–H and O–H groups in total. The molecule has 15 heavy (non-hydrogen) atoms. The fourth-order valence-corrected chi connectivity index (χ4v) is 1.87. The van der Waals surface area contributed by atoms with Crippen LogP contribution in [-0.4, -0.2) is 24.3 Å². The van der Waals surface area contributed by atoms with Crippen molar-refractivity contribution in [1.82, 2.24) is 5.32 Å². The predicted octanol–water partition coefficient (Wildman–Crippen LogP) is 2.95. The van der Waals surface area contributed by atoms with Gasteiger partial charge in [0.15, 0.2) is 0 Å². The van der Waals surface area contributed by atoms with Gasteiger partial charge < -0.3 is 10.4 Å². The summed E-state index contributed by atoms with van der Waals surface area (Å²) >= 11 is 0. The Bertz CT molecular complexity index is 128. The molecule has 2 heteroatoms. The zero-order chi connectivity index (χ0) is 11.5. The van der Waals surface area contributed by atoms with E-state index in [1.807, 2.05) is 0 Å². The van der Waals surface area contributed by atoms with Crippen LogP contribution in [0.3, 0.4) is 0 Å². The molecule has 0 amide bonds. The van der Waals surface area contributed by atoms with Crippen molar-refractivity contribution in [2.45, 2.75) is 65.3 Å². The van der Waals surface area contributed by atoms with Crippen LogP contribution in [0.2, 0.25) is 0 Å². The van der Waals surface area contributed by atoms with Gasteiger partial charge >= 0.3 is 0 Å². The zero-order valence-electron chi connectivity index (χ0n) is 10.8. The average Bonchev–Trinajstić information content (AvgIpc) is 2.27. The van der Waals surface area contributed by atoms with Crippen LogP contribution >= 0.6 is 0 Å². The van der Waals surface area contributed by atoms with E-state index in [2.05, 4.69) is 26.1 Å². The Hall–Kier alpha value is -0.0800. The molecule has 0 radical (unpaired) electrons. The Morgan fingerprint density at radius 2 is 1.80 bits per heavy atom. The van der Waals surface area contributed by atoms with E-state index in [0.29, 0.717) is 18.6 Å². The number of aliphatic hydroxyl groups excluding tert-OH is 1. The summed E-state index contributed by atoms with van der Waals surface area (Å²) in [6.45, 7) is 8.09. The first kappa shape index (κ1) is 14.9. The molecule has 0 bridgehead atoms. The number of nitrogens with one attached hydrogen (secondary N) is 1. The molecule has 0 aliphatic rings. The number of hydrogen-bond acceptors (Lipinski definition) is 2. The molecule has 2 unspecified atom stereocenters. The van der Waals surface area contributed by atoms with Gasteiger partial charge in [-0.15, -0.1) is 0 Å². The zero-order valence-corrected chi connectivity index (χ0v) is 10.8. The normalized spacial score (nSPS) is 15.2. The summed E-state index contributed by atoms with van der Waals surface area (Å²) in [5.41, 5.74) is 0. The maximum atomic E-state index is 8.90. The fourth-order valence-electron chi connectivity index (χ4n) is 1.87. The number of rotatable bonds is 10. The predicted molar refractivity (Wildman–Crippen MR) is 67.1 cm³/mol. The first-order chi connectivity index (χ1) is 7.28. The topological polar surface area (TPSA) is 32.3 Å². The van der Waals surface area contributed by atoms with Gasteiger partial charge in [-0.25, -0.2) is 0 Å². The van der Waals surface area contributed by atoms with Crippen molar-refractivity contribution in [1.29, 1.82) is 0 Å². The molecular weight excluding hydrogens is 186 g/mol. The summed E-state index contributed by atoms with van der Waals surface area (Å²) in [5, 5.41) is 12.5. The second kappa shape index (κ2) is 10.4. The summed E-state index contributed by atoms with van der Waals surface area (Å²) in [4.78, 5) is 0. The lowest BCUT2D eigenvalue weighted by Gasteiger charge is -2.21. The third-order valence-electron chi connectivity index (χ3n) is 3.21. The molecule has 0 fully saturated rings. The maximum absolute atomic E-state index is 8.90. The molecule has 0 aromatic rings. The van der Waals surface area contributed by atoms with Gasteiger partial charge in [0.2, 0.25) is 0 Å². The number of unbranched alkanes of at least 4 members (excludes halogenated alkanes) is 1. The molecule has 0 aliphatic carbocycles. The highest BCUT2D eigenvalue weighted by atomic mass is 16.3. The minimum Gasteiger partial charge on any atom is -0.396 e. The van der Waals surface area contributed by atoms with Crippen molar-refractivity contribution in [3.05, 3.63) is 0 Å². The van der Waals surface area contributed by atoms with Gasteiger partial charge in [0.05, 0.1) is 0 Å². The van der Waals surface area contributed by atoms with Crippen LogP contribution in [0.1, 0.15) is 59.3 Å². The molecule has 0 saturated carbocycles. The minimum atomic E-state index is 0.325. The Morgan fingerprint density at radius 1 is 1.07 bits per heavy atom. The SMILES string of the molecule is CCCCC(CC)NCC(CC)CCO. The van der Waals surface area contributed by atoms with Crippen LogP contribution in [0.4, 0.5) is 0 Å². The molecule has 0 aromatic carbocycles. The summed E-state index contributed by atoms with van der Waals surface area (Å²) < 4.78 is 0. The van der Waals surface area contributed by atoms with Crippen LogP contribution in [0.15, 0.2) is 0 Å². The third-order valence-corrected chi connectivity index (χ3v) is 3.21. The quantitative estimate of drug-likeness (QED) is 0.587. The Labute approximate surface area is 95.5 Å². The Balaban J connectivity index is 3.66. The maximum Gasteiger partial charge on any atom is 0.0434 e. The highest BCUT2D eigenvalue weighted by Gasteiger charge is 2.09. The van der Waals surface area contributed by atoms with Gasteiger partial charge in [0.1, 0.15) is 0 Å². The van der Waals surface area contributed by atoms with Gasteiger partial charge in [-0.3, -0.25) is 0 Å². The van der Waals surface area contributed by atoms with Gasteiger partial charge in [-0.2, -0.15) is 0 Å². The summed E-state index contributed by atoms with van der Waals surface area (Å²) in [5.74, 6) is 0.644. The van der Waals surface area contributed by atoms with Crippen molar-refractivity contribution in [3.8, 4) is 0 Å². The van der Waals surface area contributed by atoms with Crippen LogP contribution in [0.25, 0.3) is 0 Å². The molecule has 0 heterocycles.